The first-order chi connectivity index (χ1) is 10.0. The molecule has 0 fully saturated rings. The lowest BCUT2D eigenvalue weighted by Gasteiger charge is -2.15. The second-order valence-corrected chi connectivity index (χ2v) is 5.47. The molecule has 3 rings (SSSR count). The van der Waals surface area contributed by atoms with Crippen LogP contribution in [-0.4, -0.2) is 10.0 Å². The molecule has 2 N–H and O–H groups in total. The molecular weight excluding hydrogens is 292 g/mol. The quantitative estimate of drug-likeness (QED) is 0.509. The smallest absolute Gasteiger partial charge is 0.296 e. The number of phenols is 1. The van der Waals surface area contributed by atoms with Gasteiger partial charge in [-0.2, -0.15) is 0 Å². The number of rotatable bonds is 3. The molecule has 6 heteroatoms. The Morgan fingerprint density at radius 1 is 1.29 bits per heavy atom. The zero-order chi connectivity index (χ0) is 15.0. The third kappa shape index (κ3) is 2.64. The van der Waals surface area contributed by atoms with Crippen molar-refractivity contribution >= 4 is 23.0 Å². The van der Waals surface area contributed by atoms with Crippen molar-refractivity contribution in [3.8, 4) is 5.75 Å². The lowest BCUT2D eigenvalue weighted by atomic mass is 10.1. The normalized spacial score (nSPS) is 16.5. The van der Waals surface area contributed by atoms with Gasteiger partial charge < -0.3 is 10.4 Å². The Hall–Kier alpha value is -2.27. The van der Waals surface area contributed by atoms with E-state index in [1.54, 1.807) is 0 Å². The van der Waals surface area contributed by atoms with Crippen LogP contribution < -0.4 is 5.32 Å². The van der Waals surface area contributed by atoms with Crippen molar-refractivity contribution in [1.82, 2.24) is 0 Å². The van der Waals surface area contributed by atoms with Crippen LogP contribution in [0.1, 0.15) is 23.6 Å². The van der Waals surface area contributed by atoms with Crippen molar-refractivity contribution in [2.45, 2.75) is 18.9 Å². The van der Waals surface area contributed by atoms with Gasteiger partial charge in [0, 0.05) is 5.02 Å². The summed E-state index contributed by atoms with van der Waals surface area (Å²) in [5, 5.41) is 24.4. The second kappa shape index (κ2) is 5.26. The average Bonchev–Trinajstić information content (AvgIpc) is 2.82. The summed E-state index contributed by atoms with van der Waals surface area (Å²) in [4.78, 5) is 10.6. The molecule has 0 aliphatic heterocycles. The van der Waals surface area contributed by atoms with E-state index in [-0.39, 0.29) is 17.5 Å². The number of nitro groups is 1. The van der Waals surface area contributed by atoms with Crippen LogP contribution in [-0.2, 0) is 6.42 Å². The number of anilines is 1. The number of benzene rings is 2. The van der Waals surface area contributed by atoms with Gasteiger partial charge >= 0.3 is 0 Å². The maximum absolute atomic E-state index is 11.1. The fraction of sp³-hybridized carbons (Fsp3) is 0.200. The van der Waals surface area contributed by atoms with Crippen LogP contribution in [0.2, 0.25) is 5.02 Å². The predicted molar refractivity (Wildman–Crippen MR) is 80.9 cm³/mol. The highest BCUT2D eigenvalue weighted by Gasteiger charge is 2.25. The summed E-state index contributed by atoms with van der Waals surface area (Å²) < 4.78 is 0. The van der Waals surface area contributed by atoms with Gasteiger partial charge in [0.25, 0.3) is 5.69 Å². The Balaban J connectivity index is 1.91. The van der Waals surface area contributed by atoms with E-state index in [0.29, 0.717) is 10.7 Å². The molecular formula is C15H13ClN2O3. The fourth-order valence-corrected chi connectivity index (χ4v) is 2.91. The second-order valence-electron chi connectivity index (χ2n) is 5.04. The number of aryl methyl sites for hydroxylation is 1. The molecule has 1 aliphatic rings. The molecule has 0 aromatic heterocycles. The largest absolute Gasteiger partial charge is 0.508 e. The van der Waals surface area contributed by atoms with Crippen molar-refractivity contribution < 1.29 is 10.0 Å². The molecule has 21 heavy (non-hydrogen) atoms. The van der Waals surface area contributed by atoms with Gasteiger partial charge in [0.2, 0.25) is 0 Å². The van der Waals surface area contributed by atoms with Crippen LogP contribution in [0, 0.1) is 10.1 Å². The number of nitro benzene ring substituents is 1. The predicted octanol–water partition coefficient (Wildman–Crippen LogP) is 4.05. The minimum absolute atomic E-state index is 0.0144. The standard InChI is InChI=1S/C15H13ClN2O3/c16-10-2-4-12-9(7-10)1-5-13(12)17-14-6-3-11(19)8-15(14)18(20)21/h2-4,6-8,13,17,19H,1,5H2. The molecule has 1 unspecified atom stereocenters. The van der Waals surface area contributed by atoms with E-state index in [1.165, 1.54) is 17.7 Å². The Kier molecular flexibility index (Phi) is 3.43. The van der Waals surface area contributed by atoms with Crippen molar-refractivity contribution in [2.75, 3.05) is 5.32 Å². The van der Waals surface area contributed by atoms with E-state index >= 15 is 0 Å². The summed E-state index contributed by atoms with van der Waals surface area (Å²) in [6.45, 7) is 0. The summed E-state index contributed by atoms with van der Waals surface area (Å²) in [7, 11) is 0. The molecule has 2 aromatic rings. The number of hydrogen-bond donors (Lipinski definition) is 2. The first kappa shape index (κ1) is 13.7. The lowest BCUT2D eigenvalue weighted by molar-refractivity contribution is -0.384. The number of phenolic OH excluding ortho intramolecular Hbond substituents is 1. The number of nitrogens with one attached hydrogen (secondary N) is 1. The Bertz CT molecular complexity index is 718. The first-order valence-electron chi connectivity index (χ1n) is 6.57. The third-order valence-electron chi connectivity index (χ3n) is 3.69. The van der Waals surface area contributed by atoms with Crippen molar-refractivity contribution in [1.29, 1.82) is 0 Å². The summed E-state index contributed by atoms with van der Waals surface area (Å²) in [5.74, 6) is -0.120. The van der Waals surface area contributed by atoms with Crippen molar-refractivity contribution in [3.63, 3.8) is 0 Å². The molecule has 2 aromatic carbocycles. The SMILES string of the molecule is O=[N+]([O-])c1cc(O)ccc1NC1CCc2cc(Cl)ccc21. The Morgan fingerprint density at radius 3 is 2.86 bits per heavy atom. The number of aromatic hydroxyl groups is 1. The molecule has 0 saturated heterocycles. The van der Waals surface area contributed by atoms with Gasteiger partial charge in [0.1, 0.15) is 11.4 Å². The van der Waals surface area contributed by atoms with Crippen molar-refractivity contribution in [2.24, 2.45) is 0 Å². The van der Waals surface area contributed by atoms with Gasteiger partial charge in [-0.1, -0.05) is 17.7 Å². The molecule has 1 aliphatic carbocycles. The minimum Gasteiger partial charge on any atom is -0.508 e. The highest BCUT2D eigenvalue weighted by atomic mass is 35.5. The Labute approximate surface area is 126 Å². The van der Waals surface area contributed by atoms with E-state index in [9.17, 15) is 15.2 Å². The van der Waals surface area contributed by atoms with E-state index in [2.05, 4.69) is 5.32 Å². The lowest BCUT2D eigenvalue weighted by Crippen LogP contribution is -2.08. The summed E-state index contributed by atoms with van der Waals surface area (Å²) in [6, 6.07) is 9.85. The molecule has 1 atom stereocenters. The van der Waals surface area contributed by atoms with E-state index in [4.69, 9.17) is 11.6 Å². The van der Waals surface area contributed by atoms with E-state index in [0.717, 1.165) is 24.5 Å². The van der Waals surface area contributed by atoms with Gasteiger partial charge in [-0.05, 0) is 48.2 Å². The van der Waals surface area contributed by atoms with Crippen LogP contribution in [0.15, 0.2) is 36.4 Å². The van der Waals surface area contributed by atoms with Gasteiger partial charge in [-0.15, -0.1) is 0 Å². The van der Waals surface area contributed by atoms with E-state index < -0.39 is 4.92 Å². The monoisotopic (exact) mass is 304 g/mol. The highest BCUT2D eigenvalue weighted by Crippen LogP contribution is 2.38. The number of halogens is 1. The zero-order valence-electron chi connectivity index (χ0n) is 11.0. The van der Waals surface area contributed by atoms with Crippen LogP contribution in [0.5, 0.6) is 5.75 Å². The molecule has 0 amide bonds. The van der Waals surface area contributed by atoms with Crippen LogP contribution in [0.25, 0.3) is 0 Å². The average molecular weight is 305 g/mol. The summed E-state index contributed by atoms with van der Waals surface area (Å²) >= 11 is 5.98. The van der Waals surface area contributed by atoms with Gasteiger partial charge in [0.05, 0.1) is 17.0 Å². The maximum Gasteiger partial charge on any atom is 0.296 e. The maximum atomic E-state index is 11.1. The van der Waals surface area contributed by atoms with Crippen LogP contribution in [0.4, 0.5) is 11.4 Å². The molecule has 0 heterocycles. The minimum atomic E-state index is -0.500. The molecule has 0 bridgehead atoms. The van der Waals surface area contributed by atoms with Crippen LogP contribution >= 0.6 is 11.6 Å². The number of hydrogen-bond acceptors (Lipinski definition) is 4. The van der Waals surface area contributed by atoms with Crippen molar-refractivity contribution in [3.05, 3.63) is 62.7 Å². The van der Waals surface area contributed by atoms with E-state index in [1.807, 2.05) is 18.2 Å². The highest BCUT2D eigenvalue weighted by molar-refractivity contribution is 6.30. The summed E-state index contributed by atoms with van der Waals surface area (Å²) in [6.07, 6.45) is 1.74. The molecule has 5 nitrogen and oxygen atoms in total. The Morgan fingerprint density at radius 2 is 2.10 bits per heavy atom. The third-order valence-corrected chi connectivity index (χ3v) is 3.93. The molecule has 0 saturated carbocycles. The van der Waals surface area contributed by atoms with Gasteiger partial charge in [-0.3, -0.25) is 10.1 Å². The molecule has 0 radical (unpaired) electrons. The summed E-state index contributed by atoms with van der Waals surface area (Å²) in [5.41, 5.74) is 2.56. The van der Waals surface area contributed by atoms with Gasteiger partial charge in [0.15, 0.2) is 0 Å². The zero-order valence-corrected chi connectivity index (χ0v) is 11.8. The number of nitrogens with zero attached hydrogens (tertiary/aromatic N) is 1. The first-order valence-corrected chi connectivity index (χ1v) is 6.94. The fourth-order valence-electron chi connectivity index (χ4n) is 2.72. The van der Waals surface area contributed by atoms with Gasteiger partial charge in [-0.25, -0.2) is 0 Å². The number of fused-ring (bicyclic) bond motifs is 1. The van der Waals surface area contributed by atoms with Crippen LogP contribution in [0.3, 0.4) is 0 Å². The topological polar surface area (TPSA) is 75.4 Å². The molecule has 0 spiro atoms. The molecule has 108 valence electrons.